The summed E-state index contributed by atoms with van der Waals surface area (Å²) in [5.41, 5.74) is 0. The van der Waals surface area contributed by atoms with Gasteiger partial charge in [0.15, 0.2) is 0 Å². The molecule has 2 unspecified atom stereocenters. The maximum atomic E-state index is 9.51. The number of hydrogen-bond donors (Lipinski definition) is 2. The van der Waals surface area contributed by atoms with Gasteiger partial charge in [-0.05, 0) is 6.42 Å². The van der Waals surface area contributed by atoms with Crippen molar-refractivity contribution in [2.24, 2.45) is 0 Å². The second kappa shape index (κ2) is 9.90. The molecule has 0 aliphatic carbocycles. The zero-order chi connectivity index (χ0) is 11.5. The highest BCUT2D eigenvalue weighted by atomic mass is 16.5. The normalized spacial score (nSPS) is 15.4. The second-order valence-electron chi connectivity index (χ2n) is 3.44. The molecule has 0 aliphatic heterocycles. The molecule has 0 rings (SSSR count). The van der Waals surface area contributed by atoms with E-state index in [1.807, 2.05) is 0 Å². The van der Waals surface area contributed by atoms with Crippen LogP contribution in [0.15, 0.2) is 24.8 Å². The van der Waals surface area contributed by atoms with Gasteiger partial charge in [-0.2, -0.15) is 0 Å². The summed E-state index contributed by atoms with van der Waals surface area (Å²) in [6.07, 6.45) is 7.05. The fourth-order valence-corrected chi connectivity index (χ4v) is 1.12. The summed E-state index contributed by atoms with van der Waals surface area (Å²) >= 11 is 0. The third-order valence-corrected chi connectivity index (χ3v) is 2.01. The van der Waals surface area contributed by atoms with Gasteiger partial charge in [-0.15, -0.1) is 6.58 Å². The maximum absolute atomic E-state index is 9.51. The lowest BCUT2D eigenvalue weighted by Gasteiger charge is -2.10. The van der Waals surface area contributed by atoms with Crippen LogP contribution >= 0.6 is 0 Å². The van der Waals surface area contributed by atoms with E-state index in [1.54, 1.807) is 18.2 Å². The molecule has 0 aromatic carbocycles. The van der Waals surface area contributed by atoms with Crippen LogP contribution in [0.25, 0.3) is 0 Å². The van der Waals surface area contributed by atoms with Crippen LogP contribution in [0.4, 0.5) is 0 Å². The number of aliphatic hydroxyl groups excluding tert-OH is 2. The van der Waals surface area contributed by atoms with Gasteiger partial charge >= 0.3 is 0 Å². The summed E-state index contributed by atoms with van der Waals surface area (Å²) in [4.78, 5) is 0. The monoisotopic (exact) mass is 214 g/mol. The molecule has 3 nitrogen and oxygen atoms in total. The van der Waals surface area contributed by atoms with E-state index in [4.69, 9.17) is 9.84 Å². The molecule has 2 N–H and O–H groups in total. The minimum Gasteiger partial charge on any atom is -0.393 e. The molecule has 0 aliphatic rings. The van der Waals surface area contributed by atoms with Crippen molar-refractivity contribution in [2.75, 3.05) is 13.2 Å². The van der Waals surface area contributed by atoms with Crippen molar-refractivity contribution in [2.45, 2.75) is 38.4 Å². The fraction of sp³-hybridized carbons (Fsp3) is 0.667. The summed E-state index contributed by atoms with van der Waals surface area (Å²) in [6, 6.07) is 0. The van der Waals surface area contributed by atoms with Crippen molar-refractivity contribution >= 4 is 0 Å². The van der Waals surface area contributed by atoms with E-state index in [-0.39, 0.29) is 12.7 Å². The van der Waals surface area contributed by atoms with Crippen LogP contribution in [-0.4, -0.2) is 35.6 Å². The summed E-state index contributed by atoms with van der Waals surface area (Å²) in [7, 11) is 0. The zero-order valence-corrected chi connectivity index (χ0v) is 9.43. The van der Waals surface area contributed by atoms with E-state index in [9.17, 15) is 5.11 Å². The first-order valence-corrected chi connectivity index (χ1v) is 5.44. The van der Waals surface area contributed by atoms with Crippen LogP contribution in [0.1, 0.15) is 26.2 Å². The second-order valence-corrected chi connectivity index (χ2v) is 3.44. The molecule has 0 aromatic rings. The van der Waals surface area contributed by atoms with E-state index >= 15 is 0 Å². The Kier molecular flexibility index (Phi) is 9.48. The average molecular weight is 214 g/mol. The number of ether oxygens (including phenoxy) is 1. The Hall–Kier alpha value is -0.640. The molecule has 0 spiro atoms. The van der Waals surface area contributed by atoms with Gasteiger partial charge in [0.2, 0.25) is 0 Å². The molecule has 0 radical (unpaired) electrons. The maximum Gasteiger partial charge on any atom is 0.0991 e. The fourth-order valence-electron chi connectivity index (χ4n) is 1.12. The molecule has 0 heterocycles. The van der Waals surface area contributed by atoms with Crippen LogP contribution in [-0.2, 0) is 4.74 Å². The molecule has 0 bridgehead atoms. The van der Waals surface area contributed by atoms with Crippen molar-refractivity contribution in [3.8, 4) is 0 Å². The van der Waals surface area contributed by atoms with Gasteiger partial charge in [0.1, 0.15) is 0 Å². The molecule has 0 saturated carbocycles. The third kappa shape index (κ3) is 8.36. The van der Waals surface area contributed by atoms with E-state index in [1.165, 1.54) is 0 Å². The van der Waals surface area contributed by atoms with Gasteiger partial charge in [0.05, 0.1) is 25.4 Å². The Bertz CT molecular complexity index is 178. The predicted molar refractivity (Wildman–Crippen MR) is 61.7 cm³/mol. The van der Waals surface area contributed by atoms with Gasteiger partial charge in [-0.25, -0.2) is 0 Å². The van der Waals surface area contributed by atoms with Crippen molar-refractivity contribution in [3.63, 3.8) is 0 Å². The summed E-state index contributed by atoms with van der Waals surface area (Å²) < 4.78 is 5.23. The van der Waals surface area contributed by atoms with Gasteiger partial charge in [0.25, 0.3) is 0 Å². The Morgan fingerprint density at radius 3 is 2.67 bits per heavy atom. The molecule has 88 valence electrons. The first-order valence-electron chi connectivity index (χ1n) is 5.44. The first kappa shape index (κ1) is 14.4. The summed E-state index contributed by atoms with van der Waals surface area (Å²) in [6.45, 7) is 5.93. The van der Waals surface area contributed by atoms with Crippen molar-refractivity contribution < 1.29 is 14.9 Å². The Morgan fingerprint density at radius 2 is 2.13 bits per heavy atom. The highest BCUT2D eigenvalue weighted by molar-refractivity contribution is 4.94. The van der Waals surface area contributed by atoms with E-state index in [2.05, 4.69) is 13.5 Å². The minimum absolute atomic E-state index is 0.0785. The summed E-state index contributed by atoms with van der Waals surface area (Å²) in [5, 5.41) is 18.5. The SMILES string of the molecule is C=CCOC(C=CC(O)CCCC)CO. The van der Waals surface area contributed by atoms with Gasteiger partial charge in [0, 0.05) is 0 Å². The standard InChI is InChI=1S/C12H22O3/c1-3-5-6-11(14)7-8-12(10-13)15-9-4-2/h4,7-8,11-14H,2-3,5-6,9-10H2,1H3. The Balaban J connectivity index is 3.81. The highest BCUT2D eigenvalue weighted by Crippen LogP contribution is 2.03. The third-order valence-electron chi connectivity index (χ3n) is 2.01. The zero-order valence-electron chi connectivity index (χ0n) is 9.43. The minimum atomic E-state index is -0.439. The molecule has 15 heavy (non-hydrogen) atoms. The lowest BCUT2D eigenvalue weighted by atomic mass is 10.1. The van der Waals surface area contributed by atoms with Gasteiger partial charge in [-0.1, -0.05) is 38.0 Å². The number of aliphatic hydroxyl groups is 2. The van der Waals surface area contributed by atoms with Gasteiger partial charge in [-0.3, -0.25) is 0 Å². The Labute approximate surface area is 92.1 Å². The molecule has 0 fully saturated rings. The van der Waals surface area contributed by atoms with Crippen LogP contribution < -0.4 is 0 Å². The van der Waals surface area contributed by atoms with E-state index < -0.39 is 6.10 Å². The smallest absolute Gasteiger partial charge is 0.0991 e. The van der Waals surface area contributed by atoms with Crippen LogP contribution in [0.3, 0.4) is 0 Å². The predicted octanol–water partition coefficient (Wildman–Crippen LogP) is 1.66. The summed E-state index contributed by atoms with van der Waals surface area (Å²) in [5.74, 6) is 0. The van der Waals surface area contributed by atoms with Crippen molar-refractivity contribution in [1.82, 2.24) is 0 Å². The number of hydrogen-bond acceptors (Lipinski definition) is 3. The van der Waals surface area contributed by atoms with E-state index in [0.717, 1.165) is 19.3 Å². The first-order chi connectivity index (χ1) is 7.24. The Morgan fingerprint density at radius 1 is 1.40 bits per heavy atom. The van der Waals surface area contributed by atoms with Crippen molar-refractivity contribution in [1.29, 1.82) is 0 Å². The molecule has 2 atom stereocenters. The topological polar surface area (TPSA) is 49.7 Å². The molecule has 0 amide bonds. The number of unbranched alkanes of at least 4 members (excludes halogenated alkanes) is 1. The van der Waals surface area contributed by atoms with Crippen LogP contribution in [0.2, 0.25) is 0 Å². The molecule has 0 aromatic heterocycles. The highest BCUT2D eigenvalue weighted by Gasteiger charge is 2.03. The molecular weight excluding hydrogens is 192 g/mol. The quantitative estimate of drug-likeness (QED) is 0.574. The average Bonchev–Trinajstić information content (AvgIpc) is 2.26. The molecular formula is C12H22O3. The number of rotatable bonds is 9. The van der Waals surface area contributed by atoms with E-state index in [0.29, 0.717) is 6.61 Å². The largest absolute Gasteiger partial charge is 0.393 e. The van der Waals surface area contributed by atoms with Crippen molar-refractivity contribution in [3.05, 3.63) is 24.8 Å². The van der Waals surface area contributed by atoms with Crippen LogP contribution in [0.5, 0.6) is 0 Å². The molecule has 0 saturated heterocycles. The van der Waals surface area contributed by atoms with Gasteiger partial charge < -0.3 is 14.9 Å². The lowest BCUT2D eigenvalue weighted by molar-refractivity contribution is 0.0590. The van der Waals surface area contributed by atoms with Crippen LogP contribution in [0, 0.1) is 0 Å². The molecule has 3 heteroatoms. The lowest BCUT2D eigenvalue weighted by Crippen LogP contribution is -2.16.